The number of benzene rings is 1. The molecule has 33 heavy (non-hydrogen) atoms. The van der Waals surface area contributed by atoms with E-state index in [1.807, 2.05) is 41.7 Å². The van der Waals surface area contributed by atoms with E-state index in [1.165, 1.54) is 4.31 Å². The van der Waals surface area contributed by atoms with Gasteiger partial charge in [-0.25, -0.2) is 13.4 Å². The van der Waals surface area contributed by atoms with Crippen LogP contribution in [0.3, 0.4) is 0 Å². The molecule has 170 valence electrons. The lowest BCUT2D eigenvalue weighted by molar-refractivity contribution is 0.389. The molecule has 3 aromatic heterocycles. The number of pyridine rings is 1. The van der Waals surface area contributed by atoms with E-state index in [4.69, 9.17) is 9.51 Å². The predicted octanol–water partition coefficient (Wildman–Crippen LogP) is 3.17. The van der Waals surface area contributed by atoms with E-state index < -0.39 is 10.0 Å². The number of para-hydroxylation sites is 2. The van der Waals surface area contributed by atoms with Crippen LogP contribution in [0.4, 0.5) is 5.82 Å². The number of rotatable bonds is 3. The zero-order valence-corrected chi connectivity index (χ0v) is 19.6. The summed E-state index contributed by atoms with van der Waals surface area (Å²) in [5.74, 6) is 1.22. The molecule has 9 nitrogen and oxygen atoms in total. The maximum Gasteiger partial charge on any atom is 0.248 e. The molecule has 5 rings (SSSR count). The largest absolute Gasteiger partial charge is 0.360 e. The summed E-state index contributed by atoms with van der Waals surface area (Å²) in [6, 6.07) is 12.1. The maximum atomic E-state index is 13.3. The van der Waals surface area contributed by atoms with Crippen LogP contribution in [0.1, 0.15) is 29.0 Å². The number of hydrogen-bond donors (Lipinski definition) is 0. The van der Waals surface area contributed by atoms with E-state index in [0.29, 0.717) is 55.3 Å². The normalized spacial score (nSPS) is 15.8. The van der Waals surface area contributed by atoms with Crippen molar-refractivity contribution in [2.45, 2.75) is 32.1 Å². The number of fused-ring (bicyclic) bond motifs is 3. The topological polar surface area (TPSA) is 108 Å². The molecule has 0 saturated carbocycles. The fourth-order valence-electron chi connectivity index (χ4n) is 4.64. The van der Waals surface area contributed by atoms with Crippen molar-refractivity contribution in [1.29, 1.82) is 5.26 Å². The minimum Gasteiger partial charge on any atom is -0.360 e. The average molecular weight is 465 g/mol. The molecule has 0 unspecified atom stereocenters. The van der Waals surface area contributed by atoms with Crippen LogP contribution in [-0.4, -0.2) is 53.4 Å². The lowest BCUT2D eigenvalue weighted by atomic mass is 10.1. The van der Waals surface area contributed by atoms with E-state index in [2.05, 4.69) is 16.1 Å². The molecule has 1 saturated heterocycles. The molecule has 10 heteroatoms. The third-order valence-corrected chi connectivity index (χ3v) is 8.35. The number of sulfonamides is 1. The van der Waals surface area contributed by atoms with Crippen molar-refractivity contribution in [1.82, 2.24) is 18.8 Å². The molecule has 0 bridgehead atoms. The molecule has 4 aromatic rings. The molecule has 0 amide bonds. The van der Waals surface area contributed by atoms with Crippen LogP contribution in [0, 0.1) is 32.1 Å². The Hall–Kier alpha value is -3.42. The highest BCUT2D eigenvalue weighted by molar-refractivity contribution is 7.89. The molecule has 1 aliphatic rings. The predicted molar refractivity (Wildman–Crippen MR) is 124 cm³/mol. The number of nitriles is 1. The van der Waals surface area contributed by atoms with Crippen molar-refractivity contribution in [3.05, 3.63) is 52.9 Å². The van der Waals surface area contributed by atoms with Crippen LogP contribution in [0.15, 0.2) is 39.8 Å². The van der Waals surface area contributed by atoms with Crippen LogP contribution in [0.5, 0.6) is 0 Å². The van der Waals surface area contributed by atoms with Crippen LogP contribution < -0.4 is 4.90 Å². The fourth-order valence-corrected chi connectivity index (χ4v) is 6.40. The molecule has 1 aliphatic heterocycles. The van der Waals surface area contributed by atoms with Gasteiger partial charge in [0.05, 0.1) is 16.6 Å². The molecule has 0 spiro atoms. The van der Waals surface area contributed by atoms with Crippen molar-refractivity contribution in [3.63, 3.8) is 0 Å². The highest BCUT2D eigenvalue weighted by Crippen LogP contribution is 2.30. The summed E-state index contributed by atoms with van der Waals surface area (Å²) in [7, 11) is -3.71. The van der Waals surface area contributed by atoms with Crippen molar-refractivity contribution in [3.8, 4) is 6.07 Å². The summed E-state index contributed by atoms with van der Waals surface area (Å²) in [6.45, 7) is 7.11. The van der Waals surface area contributed by atoms with Crippen LogP contribution in [-0.2, 0) is 10.0 Å². The van der Waals surface area contributed by atoms with Gasteiger partial charge in [-0.3, -0.25) is 4.40 Å². The summed E-state index contributed by atoms with van der Waals surface area (Å²) in [5.41, 5.74) is 4.13. The molecule has 1 aromatic carbocycles. The lowest BCUT2D eigenvalue weighted by Crippen LogP contribution is -2.36. The number of aryl methyl sites for hydroxylation is 3. The molecule has 0 radical (unpaired) electrons. The third kappa shape index (κ3) is 3.35. The Morgan fingerprint density at radius 2 is 1.88 bits per heavy atom. The maximum absolute atomic E-state index is 13.3. The minimum atomic E-state index is -3.71. The SMILES string of the molecule is Cc1cc(N2CCCN(S(=O)(=O)c3c(C)noc3C)CC2)n2c(nc3ccccc32)c1C#N. The van der Waals surface area contributed by atoms with Crippen LogP contribution >= 0.6 is 0 Å². The quantitative estimate of drug-likeness (QED) is 0.458. The third-order valence-electron chi connectivity index (χ3n) is 6.21. The Bertz CT molecular complexity index is 1510. The van der Waals surface area contributed by atoms with Gasteiger partial charge in [-0.15, -0.1) is 0 Å². The summed E-state index contributed by atoms with van der Waals surface area (Å²) >= 11 is 0. The Morgan fingerprint density at radius 1 is 1.09 bits per heavy atom. The van der Waals surface area contributed by atoms with Gasteiger partial charge in [-0.1, -0.05) is 17.3 Å². The zero-order valence-electron chi connectivity index (χ0n) is 18.7. The van der Waals surface area contributed by atoms with E-state index in [0.717, 1.165) is 22.4 Å². The van der Waals surface area contributed by atoms with Gasteiger partial charge in [-0.05, 0) is 51.0 Å². The Kier molecular flexibility index (Phi) is 5.11. The van der Waals surface area contributed by atoms with Gasteiger partial charge < -0.3 is 9.42 Å². The summed E-state index contributed by atoms with van der Waals surface area (Å²) in [5, 5.41) is 13.6. The second-order valence-electron chi connectivity index (χ2n) is 8.33. The van der Waals surface area contributed by atoms with E-state index in [1.54, 1.807) is 13.8 Å². The second kappa shape index (κ2) is 7.86. The van der Waals surface area contributed by atoms with E-state index >= 15 is 0 Å². The van der Waals surface area contributed by atoms with Gasteiger partial charge in [-0.2, -0.15) is 9.57 Å². The molecule has 0 N–H and O–H groups in total. The van der Waals surface area contributed by atoms with Gasteiger partial charge in [0.25, 0.3) is 0 Å². The number of imidazole rings is 1. The zero-order chi connectivity index (χ0) is 23.3. The molecule has 0 aliphatic carbocycles. The highest BCUT2D eigenvalue weighted by atomic mass is 32.2. The minimum absolute atomic E-state index is 0.160. The van der Waals surface area contributed by atoms with Crippen LogP contribution in [0.2, 0.25) is 0 Å². The molecule has 4 heterocycles. The fraction of sp³-hybridized carbons (Fsp3) is 0.348. The van der Waals surface area contributed by atoms with E-state index in [9.17, 15) is 13.7 Å². The summed E-state index contributed by atoms with van der Waals surface area (Å²) in [6.07, 6.45) is 0.662. The molecule has 1 fully saturated rings. The average Bonchev–Trinajstić information content (AvgIpc) is 3.21. The number of nitrogens with zero attached hydrogens (tertiary/aromatic N) is 6. The van der Waals surface area contributed by atoms with Gasteiger partial charge in [0.1, 0.15) is 22.5 Å². The summed E-state index contributed by atoms with van der Waals surface area (Å²) < 4.78 is 35.3. The van der Waals surface area contributed by atoms with Gasteiger partial charge >= 0.3 is 0 Å². The van der Waals surface area contributed by atoms with Gasteiger partial charge in [0.15, 0.2) is 11.4 Å². The Balaban J connectivity index is 1.56. The lowest BCUT2D eigenvalue weighted by Gasteiger charge is -2.25. The number of hydrogen-bond acceptors (Lipinski definition) is 7. The van der Waals surface area contributed by atoms with Crippen LogP contribution in [0.25, 0.3) is 16.7 Å². The van der Waals surface area contributed by atoms with Gasteiger partial charge in [0, 0.05) is 26.2 Å². The first-order chi connectivity index (χ1) is 15.8. The first-order valence-corrected chi connectivity index (χ1v) is 12.3. The standard InChI is InChI=1S/C23H24N6O3S/c1-15-13-21(29-20-8-5-4-7-19(20)25-23(29)18(15)14-24)27-9-6-10-28(12-11-27)33(30,31)22-16(2)26-32-17(22)3/h4-5,7-8,13H,6,9-12H2,1-3H3. The molecular weight excluding hydrogens is 440 g/mol. The molecular formula is C23H24N6O3S. The number of aromatic nitrogens is 3. The van der Waals surface area contributed by atoms with Crippen molar-refractivity contribution in [2.75, 3.05) is 31.1 Å². The van der Waals surface area contributed by atoms with Crippen molar-refractivity contribution >= 4 is 32.5 Å². The Labute approximate surface area is 191 Å². The molecule has 0 atom stereocenters. The van der Waals surface area contributed by atoms with Crippen molar-refractivity contribution < 1.29 is 12.9 Å². The smallest absolute Gasteiger partial charge is 0.248 e. The van der Waals surface area contributed by atoms with Gasteiger partial charge in [0.2, 0.25) is 10.0 Å². The first kappa shape index (κ1) is 21.4. The second-order valence-corrected chi connectivity index (χ2v) is 10.2. The monoisotopic (exact) mass is 464 g/mol. The van der Waals surface area contributed by atoms with E-state index in [-0.39, 0.29) is 4.90 Å². The first-order valence-electron chi connectivity index (χ1n) is 10.8. The van der Waals surface area contributed by atoms with Crippen molar-refractivity contribution in [2.24, 2.45) is 0 Å². The summed E-state index contributed by atoms with van der Waals surface area (Å²) in [4.78, 5) is 7.06. The number of anilines is 1. The highest BCUT2D eigenvalue weighted by Gasteiger charge is 2.32. The Morgan fingerprint density at radius 3 is 2.61 bits per heavy atom.